The fourth-order valence-electron chi connectivity index (χ4n) is 5.35. The highest BCUT2D eigenvalue weighted by Crippen LogP contribution is 2.34. The number of nitrogens with zero attached hydrogens (tertiary/aromatic N) is 4. The molecule has 2 aliphatic rings. The molecule has 1 amide bonds. The van der Waals surface area contributed by atoms with E-state index in [1.54, 1.807) is 23.5 Å². The number of carbonyl (C=O) groups excluding carboxylic acids is 1. The minimum Gasteiger partial charge on any atom is -0.486 e. The minimum absolute atomic E-state index is 0.134. The third-order valence-electron chi connectivity index (χ3n) is 7.66. The molecule has 10 nitrogen and oxygen atoms in total. The molecule has 0 aliphatic carbocycles. The van der Waals surface area contributed by atoms with Crippen LogP contribution in [0.5, 0.6) is 5.75 Å². The molecule has 0 radical (unpaired) electrons. The molecular weight excluding hydrogens is 615 g/mol. The lowest BCUT2D eigenvalue weighted by atomic mass is 10.0. The van der Waals surface area contributed by atoms with E-state index >= 15 is 0 Å². The average Bonchev–Trinajstić information content (AvgIpc) is 3.01. The van der Waals surface area contributed by atoms with Gasteiger partial charge in [0.15, 0.2) is 0 Å². The van der Waals surface area contributed by atoms with Crippen molar-refractivity contribution >= 4 is 46.5 Å². The summed E-state index contributed by atoms with van der Waals surface area (Å²) in [4.78, 5) is 25.0. The summed E-state index contributed by atoms with van der Waals surface area (Å²) in [6.07, 6.45) is 6.92. The number of aromatic nitrogens is 2. The molecule has 5 rings (SSSR count). The summed E-state index contributed by atoms with van der Waals surface area (Å²) in [5.74, 6) is 1.36. The third-order valence-corrected chi connectivity index (χ3v) is 8.26. The van der Waals surface area contributed by atoms with Crippen LogP contribution in [0.25, 0.3) is 0 Å². The van der Waals surface area contributed by atoms with E-state index in [2.05, 4.69) is 15.2 Å². The van der Waals surface area contributed by atoms with Crippen molar-refractivity contribution in [3.63, 3.8) is 0 Å². The number of halogens is 2. The fourth-order valence-corrected chi connectivity index (χ4v) is 6.02. The van der Waals surface area contributed by atoms with Crippen LogP contribution in [-0.4, -0.2) is 71.3 Å². The molecule has 45 heavy (non-hydrogen) atoms. The molecule has 2 saturated heterocycles. The van der Waals surface area contributed by atoms with Crippen LogP contribution in [0.3, 0.4) is 0 Å². The molecule has 2 N–H and O–H groups in total. The van der Waals surface area contributed by atoms with E-state index in [4.69, 9.17) is 42.4 Å². The quantitative estimate of drug-likeness (QED) is 0.243. The first-order valence-electron chi connectivity index (χ1n) is 15.2. The van der Waals surface area contributed by atoms with Gasteiger partial charge in [0, 0.05) is 73.8 Å². The first kappa shape index (κ1) is 32.8. The number of hydrogen-bond donors (Lipinski definition) is 2. The van der Waals surface area contributed by atoms with Crippen molar-refractivity contribution in [2.45, 2.75) is 64.9 Å². The summed E-state index contributed by atoms with van der Waals surface area (Å²) in [7, 11) is 0. The molecule has 0 bridgehead atoms. The first-order chi connectivity index (χ1) is 21.5. The zero-order valence-corrected chi connectivity index (χ0v) is 27.6. The van der Waals surface area contributed by atoms with Gasteiger partial charge in [-0.15, -0.1) is 0 Å². The summed E-state index contributed by atoms with van der Waals surface area (Å²) in [6.45, 7) is 10.6. The zero-order chi connectivity index (χ0) is 32.1. The lowest BCUT2D eigenvalue weighted by Gasteiger charge is -2.36. The summed E-state index contributed by atoms with van der Waals surface area (Å²) < 4.78 is 17.7. The Morgan fingerprint density at radius 1 is 1.07 bits per heavy atom. The van der Waals surface area contributed by atoms with Crippen LogP contribution in [0.4, 0.5) is 16.3 Å². The second-order valence-corrected chi connectivity index (χ2v) is 13.0. The van der Waals surface area contributed by atoms with Crippen molar-refractivity contribution < 1.29 is 19.0 Å². The fraction of sp³-hybridized carbons (Fsp3) is 0.455. The van der Waals surface area contributed by atoms with Gasteiger partial charge in [0.25, 0.3) is 0 Å². The maximum atomic E-state index is 12.5. The van der Waals surface area contributed by atoms with Crippen LogP contribution < -0.4 is 15.0 Å². The Balaban J connectivity index is 1.33. The number of piperazine rings is 1. The molecule has 240 valence electrons. The van der Waals surface area contributed by atoms with E-state index in [0.717, 1.165) is 30.8 Å². The van der Waals surface area contributed by atoms with Crippen LogP contribution in [0, 0.1) is 5.41 Å². The predicted molar refractivity (Wildman–Crippen MR) is 177 cm³/mol. The predicted octanol–water partition coefficient (Wildman–Crippen LogP) is 7.34. The first-order valence-corrected chi connectivity index (χ1v) is 16.0. The number of rotatable bonds is 8. The van der Waals surface area contributed by atoms with Crippen molar-refractivity contribution in [2.75, 3.05) is 43.0 Å². The number of nitrogens with one attached hydrogen (secondary N) is 2. The van der Waals surface area contributed by atoms with Crippen molar-refractivity contribution in [3.05, 3.63) is 75.7 Å². The molecule has 1 aromatic carbocycles. The number of hydrogen-bond acceptors (Lipinski definition) is 9. The van der Waals surface area contributed by atoms with Crippen molar-refractivity contribution in [1.82, 2.24) is 14.9 Å². The number of anilines is 2. The summed E-state index contributed by atoms with van der Waals surface area (Å²) in [5.41, 5.74) is 2.49. The highest BCUT2D eigenvalue weighted by molar-refractivity contribution is 6.35. The summed E-state index contributed by atoms with van der Waals surface area (Å²) in [6, 6.07) is 9.43. The van der Waals surface area contributed by atoms with Crippen LogP contribution >= 0.6 is 23.2 Å². The second-order valence-electron chi connectivity index (χ2n) is 12.2. The lowest BCUT2D eigenvalue weighted by molar-refractivity contribution is 0.0240. The van der Waals surface area contributed by atoms with Crippen LogP contribution in [0.15, 0.2) is 48.9 Å². The Morgan fingerprint density at radius 3 is 2.42 bits per heavy atom. The average molecular weight is 656 g/mol. The van der Waals surface area contributed by atoms with E-state index in [1.165, 1.54) is 0 Å². The van der Waals surface area contributed by atoms with E-state index in [-0.39, 0.29) is 12.3 Å². The van der Waals surface area contributed by atoms with Crippen molar-refractivity contribution in [3.8, 4) is 5.75 Å². The van der Waals surface area contributed by atoms with E-state index in [0.29, 0.717) is 71.0 Å². The summed E-state index contributed by atoms with van der Waals surface area (Å²) in [5, 5.41) is 13.5. The number of pyridine rings is 2. The minimum atomic E-state index is -0.528. The summed E-state index contributed by atoms with van der Waals surface area (Å²) >= 11 is 12.8. The van der Waals surface area contributed by atoms with Gasteiger partial charge in [0.2, 0.25) is 0 Å². The third kappa shape index (κ3) is 8.36. The van der Waals surface area contributed by atoms with Crippen LogP contribution in [-0.2, 0) is 9.47 Å². The molecular formula is C33H40Cl2N6O4. The van der Waals surface area contributed by atoms with Crippen LogP contribution in [0.1, 0.15) is 69.8 Å². The molecule has 2 aromatic heterocycles. The highest BCUT2D eigenvalue weighted by Gasteiger charge is 2.27. The Labute approximate surface area is 274 Å². The van der Waals surface area contributed by atoms with E-state index < -0.39 is 11.7 Å². The van der Waals surface area contributed by atoms with Gasteiger partial charge in [-0.05, 0) is 77.3 Å². The molecule has 2 fully saturated rings. The number of ether oxygens (including phenoxy) is 3. The van der Waals surface area contributed by atoms with Gasteiger partial charge in [0.05, 0.1) is 15.8 Å². The molecule has 12 heteroatoms. The van der Waals surface area contributed by atoms with Gasteiger partial charge >= 0.3 is 6.09 Å². The Morgan fingerprint density at radius 2 is 1.80 bits per heavy atom. The van der Waals surface area contributed by atoms with Gasteiger partial charge in [-0.1, -0.05) is 23.2 Å². The number of benzene rings is 1. The standard InChI is InChI=1S/C33H40Cl2N6O4/c1-21(30-25(34)19-37-20-26(30)35)44-23-9-10-27(39-29-7-5-6-16-43-29)24(17-23)31(36)22-8-11-28(38-18-22)40-12-14-41(15-13-40)32(42)45-33(2,3)4/h8-11,17-21,29,36,39H,5-7,12-16H2,1-4H3/t21-,29?/m1/s1. The smallest absolute Gasteiger partial charge is 0.410 e. The van der Waals surface area contributed by atoms with Crippen molar-refractivity contribution in [2.24, 2.45) is 0 Å². The lowest BCUT2D eigenvalue weighted by Crippen LogP contribution is -2.50. The second kappa shape index (κ2) is 14.2. The molecule has 0 saturated carbocycles. The maximum absolute atomic E-state index is 12.5. The number of carbonyl (C=O) groups is 1. The molecule has 1 unspecified atom stereocenters. The normalized spacial score (nSPS) is 17.9. The molecule has 4 heterocycles. The van der Waals surface area contributed by atoms with Gasteiger partial charge in [0.1, 0.15) is 29.5 Å². The molecule has 3 aromatic rings. The molecule has 2 aliphatic heterocycles. The highest BCUT2D eigenvalue weighted by atomic mass is 35.5. The largest absolute Gasteiger partial charge is 0.486 e. The topological polar surface area (TPSA) is 113 Å². The van der Waals surface area contributed by atoms with Crippen molar-refractivity contribution in [1.29, 1.82) is 5.41 Å². The molecule has 2 atom stereocenters. The Hall–Kier alpha value is -3.60. The van der Waals surface area contributed by atoms with Gasteiger partial charge in [-0.2, -0.15) is 0 Å². The SMILES string of the molecule is C[C@@H](Oc1ccc(NC2CCCCO2)c(C(=N)c2ccc(N3CCN(C(=O)OC(C)(C)C)CC3)nc2)c1)c1c(Cl)cncc1Cl. The maximum Gasteiger partial charge on any atom is 0.410 e. The van der Waals surface area contributed by atoms with Gasteiger partial charge < -0.3 is 29.3 Å². The zero-order valence-electron chi connectivity index (χ0n) is 26.1. The monoisotopic (exact) mass is 654 g/mol. The Kier molecular flexibility index (Phi) is 10.4. The van der Waals surface area contributed by atoms with E-state index in [1.807, 2.05) is 58.0 Å². The Bertz CT molecular complexity index is 1480. The van der Waals surface area contributed by atoms with Crippen LogP contribution in [0.2, 0.25) is 10.0 Å². The molecule has 0 spiro atoms. The number of amides is 1. The van der Waals surface area contributed by atoms with Gasteiger partial charge in [-0.25, -0.2) is 9.78 Å². The van der Waals surface area contributed by atoms with Gasteiger partial charge in [-0.3, -0.25) is 10.4 Å². The van der Waals surface area contributed by atoms with E-state index in [9.17, 15) is 10.2 Å².